The molecule has 0 aromatic heterocycles. The second kappa shape index (κ2) is 7.66. The van der Waals surface area contributed by atoms with E-state index in [4.69, 9.17) is 4.74 Å². The Bertz CT molecular complexity index is 366. The van der Waals surface area contributed by atoms with Gasteiger partial charge in [-0.15, -0.1) is 0 Å². The first-order chi connectivity index (χ1) is 8.24. The molecule has 0 saturated heterocycles. The highest BCUT2D eigenvalue weighted by atomic mass is 16.5. The van der Waals surface area contributed by atoms with Crippen molar-refractivity contribution in [1.82, 2.24) is 0 Å². The Labute approximate surface area is 103 Å². The summed E-state index contributed by atoms with van der Waals surface area (Å²) >= 11 is 0. The summed E-state index contributed by atoms with van der Waals surface area (Å²) in [6.45, 7) is 4.29. The number of carbonyl (C=O) groups excluding carboxylic acids is 1. The summed E-state index contributed by atoms with van der Waals surface area (Å²) in [5.74, 6) is -0.218. The molecule has 0 unspecified atom stereocenters. The molecule has 17 heavy (non-hydrogen) atoms. The van der Waals surface area contributed by atoms with Crippen molar-refractivity contribution < 1.29 is 9.53 Å². The van der Waals surface area contributed by atoms with E-state index in [1.807, 2.05) is 43.3 Å². The number of carbonyl (C=O) groups is 1. The van der Waals surface area contributed by atoms with Crippen LogP contribution in [0.15, 0.2) is 42.0 Å². The highest BCUT2D eigenvalue weighted by Crippen LogP contribution is 2.06. The van der Waals surface area contributed by atoms with Gasteiger partial charge in [-0.2, -0.15) is 0 Å². The predicted molar refractivity (Wildman–Crippen MR) is 69.5 cm³/mol. The molecule has 0 bridgehead atoms. The zero-order valence-electron chi connectivity index (χ0n) is 10.6. The van der Waals surface area contributed by atoms with Crippen LogP contribution in [0.5, 0.6) is 0 Å². The summed E-state index contributed by atoms with van der Waals surface area (Å²) in [5, 5.41) is 0. The predicted octanol–water partition coefficient (Wildman–Crippen LogP) is 3.87. The van der Waals surface area contributed by atoms with E-state index in [1.165, 1.54) is 0 Å². The van der Waals surface area contributed by atoms with E-state index in [1.54, 1.807) is 0 Å². The van der Waals surface area contributed by atoms with Crippen molar-refractivity contribution >= 4 is 5.97 Å². The third-order valence-electron chi connectivity index (χ3n) is 2.54. The number of ether oxygens (including phenoxy) is 1. The van der Waals surface area contributed by atoms with Gasteiger partial charge in [0.1, 0.15) is 6.61 Å². The summed E-state index contributed by atoms with van der Waals surface area (Å²) in [4.78, 5) is 11.6. The van der Waals surface area contributed by atoms with Gasteiger partial charge >= 0.3 is 5.97 Å². The number of unbranched alkanes of at least 4 members (excludes halogenated alkanes) is 2. The standard InChI is InChI=1S/C15H20O2/c1-3-4-6-9-13(2)15(16)17-12-14-10-7-5-8-11-14/h5,7-11H,3-4,6,12H2,1-2H3/b13-9+. The Balaban J connectivity index is 2.36. The first-order valence-corrected chi connectivity index (χ1v) is 6.12. The van der Waals surface area contributed by atoms with Crippen LogP contribution in [0.4, 0.5) is 0 Å². The second-order valence-corrected chi connectivity index (χ2v) is 4.09. The van der Waals surface area contributed by atoms with Crippen LogP contribution in [0, 0.1) is 0 Å². The molecule has 0 N–H and O–H groups in total. The minimum atomic E-state index is -0.218. The van der Waals surface area contributed by atoms with Crippen LogP contribution in [0.2, 0.25) is 0 Å². The van der Waals surface area contributed by atoms with E-state index in [2.05, 4.69) is 6.92 Å². The van der Waals surface area contributed by atoms with Crippen LogP contribution >= 0.6 is 0 Å². The molecule has 2 nitrogen and oxygen atoms in total. The van der Waals surface area contributed by atoms with Crippen molar-refractivity contribution in [3.63, 3.8) is 0 Å². The average Bonchev–Trinajstić information content (AvgIpc) is 2.37. The number of hydrogen-bond acceptors (Lipinski definition) is 2. The van der Waals surface area contributed by atoms with Gasteiger partial charge < -0.3 is 4.74 Å². The molecule has 0 radical (unpaired) electrons. The van der Waals surface area contributed by atoms with E-state index < -0.39 is 0 Å². The third kappa shape index (κ3) is 5.34. The van der Waals surface area contributed by atoms with E-state index >= 15 is 0 Å². The number of hydrogen-bond donors (Lipinski definition) is 0. The van der Waals surface area contributed by atoms with E-state index in [0.717, 1.165) is 24.8 Å². The maximum atomic E-state index is 11.6. The van der Waals surface area contributed by atoms with Crippen LogP contribution < -0.4 is 0 Å². The summed E-state index contributed by atoms with van der Waals surface area (Å²) in [6, 6.07) is 9.72. The summed E-state index contributed by atoms with van der Waals surface area (Å²) in [6.07, 6.45) is 5.16. The van der Waals surface area contributed by atoms with Crippen molar-refractivity contribution in [3.05, 3.63) is 47.5 Å². The molecule has 0 amide bonds. The fourth-order valence-electron chi connectivity index (χ4n) is 1.44. The monoisotopic (exact) mass is 232 g/mol. The Hall–Kier alpha value is -1.57. The van der Waals surface area contributed by atoms with E-state index in [9.17, 15) is 4.79 Å². The number of benzene rings is 1. The molecule has 0 aliphatic carbocycles. The van der Waals surface area contributed by atoms with Gasteiger partial charge in [-0.25, -0.2) is 4.79 Å². The van der Waals surface area contributed by atoms with Gasteiger partial charge in [0, 0.05) is 5.57 Å². The molecule has 0 aliphatic rings. The smallest absolute Gasteiger partial charge is 0.333 e. The molecule has 1 rings (SSSR count). The van der Waals surface area contributed by atoms with Crippen molar-refractivity contribution in [2.75, 3.05) is 0 Å². The lowest BCUT2D eigenvalue weighted by Gasteiger charge is -2.05. The lowest BCUT2D eigenvalue weighted by atomic mass is 10.2. The zero-order chi connectivity index (χ0) is 12.5. The Morgan fingerprint density at radius 2 is 2.00 bits per heavy atom. The van der Waals surface area contributed by atoms with Crippen LogP contribution in [-0.2, 0) is 16.1 Å². The van der Waals surface area contributed by atoms with Crippen LogP contribution in [-0.4, -0.2) is 5.97 Å². The highest BCUT2D eigenvalue weighted by molar-refractivity contribution is 5.87. The van der Waals surface area contributed by atoms with Gasteiger partial charge in [-0.3, -0.25) is 0 Å². The fourth-order valence-corrected chi connectivity index (χ4v) is 1.44. The first kappa shape index (κ1) is 13.5. The topological polar surface area (TPSA) is 26.3 Å². The number of esters is 1. The van der Waals surface area contributed by atoms with Crippen LogP contribution in [0.3, 0.4) is 0 Å². The van der Waals surface area contributed by atoms with E-state index in [0.29, 0.717) is 12.2 Å². The molecule has 0 atom stereocenters. The largest absolute Gasteiger partial charge is 0.457 e. The van der Waals surface area contributed by atoms with Gasteiger partial charge in [0.05, 0.1) is 0 Å². The highest BCUT2D eigenvalue weighted by Gasteiger charge is 2.05. The Morgan fingerprint density at radius 3 is 2.65 bits per heavy atom. The summed E-state index contributed by atoms with van der Waals surface area (Å²) in [7, 11) is 0. The van der Waals surface area contributed by atoms with Crippen molar-refractivity contribution in [1.29, 1.82) is 0 Å². The lowest BCUT2D eigenvalue weighted by molar-refractivity contribution is -0.140. The molecule has 2 heteroatoms. The van der Waals surface area contributed by atoms with Crippen molar-refractivity contribution in [2.45, 2.75) is 39.7 Å². The Morgan fingerprint density at radius 1 is 1.29 bits per heavy atom. The van der Waals surface area contributed by atoms with Gasteiger partial charge in [-0.1, -0.05) is 56.2 Å². The molecule has 92 valence electrons. The van der Waals surface area contributed by atoms with Gasteiger partial charge in [-0.05, 0) is 18.9 Å². The first-order valence-electron chi connectivity index (χ1n) is 6.12. The van der Waals surface area contributed by atoms with Crippen LogP contribution in [0.25, 0.3) is 0 Å². The normalized spacial score (nSPS) is 11.3. The van der Waals surface area contributed by atoms with Crippen molar-refractivity contribution in [2.24, 2.45) is 0 Å². The van der Waals surface area contributed by atoms with E-state index in [-0.39, 0.29) is 5.97 Å². The Kier molecular flexibility index (Phi) is 6.08. The maximum absolute atomic E-state index is 11.6. The van der Waals surface area contributed by atoms with Crippen LogP contribution in [0.1, 0.15) is 38.7 Å². The molecule has 1 aromatic carbocycles. The summed E-state index contributed by atoms with van der Waals surface area (Å²) < 4.78 is 5.21. The minimum Gasteiger partial charge on any atom is -0.457 e. The van der Waals surface area contributed by atoms with Gasteiger partial charge in [0.15, 0.2) is 0 Å². The molecular formula is C15H20O2. The zero-order valence-corrected chi connectivity index (χ0v) is 10.6. The SMILES string of the molecule is CCCC/C=C(\C)C(=O)OCc1ccccc1. The van der Waals surface area contributed by atoms with Gasteiger partial charge in [0.25, 0.3) is 0 Å². The quantitative estimate of drug-likeness (QED) is 0.423. The van der Waals surface area contributed by atoms with Crippen molar-refractivity contribution in [3.8, 4) is 0 Å². The van der Waals surface area contributed by atoms with Gasteiger partial charge in [0.2, 0.25) is 0 Å². The lowest BCUT2D eigenvalue weighted by Crippen LogP contribution is -2.05. The average molecular weight is 232 g/mol. The molecule has 0 aliphatic heterocycles. The molecule has 0 fully saturated rings. The minimum absolute atomic E-state index is 0.218. The molecule has 0 saturated carbocycles. The maximum Gasteiger partial charge on any atom is 0.333 e. The number of allylic oxidation sites excluding steroid dienone is 1. The molecule has 1 aromatic rings. The molecular weight excluding hydrogens is 212 g/mol. The number of rotatable bonds is 6. The summed E-state index contributed by atoms with van der Waals surface area (Å²) in [5.41, 5.74) is 1.72. The third-order valence-corrected chi connectivity index (χ3v) is 2.54. The molecule has 0 spiro atoms. The fraction of sp³-hybridized carbons (Fsp3) is 0.400. The molecule has 0 heterocycles. The second-order valence-electron chi connectivity index (χ2n) is 4.09.